The Bertz CT molecular complexity index is 72.1. The maximum Gasteiger partial charge on any atom is -0.0353 e. The van der Waals surface area contributed by atoms with E-state index in [1.165, 1.54) is 25.7 Å². The maximum absolute atomic E-state index is 3.63. The molecule has 0 spiro atoms. The lowest BCUT2D eigenvalue weighted by Gasteiger charge is -1.87. The molecule has 0 radical (unpaired) electrons. The van der Waals surface area contributed by atoms with Gasteiger partial charge in [0.1, 0.15) is 0 Å². The zero-order chi connectivity index (χ0) is 8.95. The van der Waals surface area contributed by atoms with E-state index in [4.69, 9.17) is 0 Å². The van der Waals surface area contributed by atoms with Gasteiger partial charge in [-0.1, -0.05) is 38.8 Å². The SMILES string of the molecule is C=CCC.C=CCCCCC. The van der Waals surface area contributed by atoms with Crippen molar-refractivity contribution < 1.29 is 0 Å². The van der Waals surface area contributed by atoms with Gasteiger partial charge in [-0.25, -0.2) is 0 Å². The van der Waals surface area contributed by atoms with Gasteiger partial charge in [-0.3, -0.25) is 0 Å². The van der Waals surface area contributed by atoms with Crippen molar-refractivity contribution in [2.45, 2.75) is 46.0 Å². The van der Waals surface area contributed by atoms with Crippen LogP contribution < -0.4 is 0 Å². The number of hydrogen-bond donors (Lipinski definition) is 0. The Kier molecular flexibility index (Phi) is 19.3. The molecule has 0 N–H and O–H groups in total. The van der Waals surface area contributed by atoms with Crippen molar-refractivity contribution in [3.8, 4) is 0 Å². The molecule has 0 aliphatic rings. The van der Waals surface area contributed by atoms with E-state index < -0.39 is 0 Å². The van der Waals surface area contributed by atoms with E-state index in [0.29, 0.717) is 0 Å². The van der Waals surface area contributed by atoms with E-state index in [1.807, 2.05) is 12.2 Å². The highest BCUT2D eigenvalue weighted by Gasteiger charge is 1.77. The number of unbranched alkanes of at least 4 members (excludes halogenated alkanes) is 3. The molecule has 0 aliphatic carbocycles. The molecule has 0 rings (SSSR count). The van der Waals surface area contributed by atoms with Gasteiger partial charge in [-0.15, -0.1) is 13.2 Å². The van der Waals surface area contributed by atoms with E-state index in [0.717, 1.165) is 6.42 Å². The minimum Gasteiger partial charge on any atom is -0.103 e. The van der Waals surface area contributed by atoms with Crippen LogP contribution in [-0.2, 0) is 0 Å². The summed E-state index contributed by atoms with van der Waals surface area (Å²) in [4.78, 5) is 0. The summed E-state index contributed by atoms with van der Waals surface area (Å²) in [5, 5.41) is 0. The molecule has 0 aliphatic heterocycles. The predicted molar refractivity (Wildman–Crippen MR) is 54.8 cm³/mol. The maximum atomic E-state index is 3.63. The summed E-state index contributed by atoms with van der Waals surface area (Å²) in [7, 11) is 0. The summed E-state index contributed by atoms with van der Waals surface area (Å²) in [5.74, 6) is 0. The first kappa shape index (κ1) is 13.1. The van der Waals surface area contributed by atoms with Crippen molar-refractivity contribution in [3.05, 3.63) is 25.3 Å². The van der Waals surface area contributed by atoms with Crippen molar-refractivity contribution >= 4 is 0 Å². The third-order valence-corrected chi connectivity index (χ3v) is 1.30. The molecule has 0 aromatic carbocycles. The Morgan fingerprint density at radius 1 is 1.00 bits per heavy atom. The van der Waals surface area contributed by atoms with E-state index >= 15 is 0 Å². The third kappa shape index (κ3) is 26.4. The largest absolute Gasteiger partial charge is 0.103 e. The molecule has 66 valence electrons. The Labute approximate surface area is 72.0 Å². The number of hydrogen-bond acceptors (Lipinski definition) is 0. The average Bonchev–Trinajstić information content (AvgIpc) is 2.06. The molecule has 0 atom stereocenters. The van der Waals surface area contributed by atoms with Crippen LogP contribution in [0.3, 0.4) is 0 Å². The van der Waals surface area contributed by atoms with Crippen LogP contribution in [0.1, 0.15) is 46.0 Å². The summed E-state index contributed by atoms with van der Waals surface area (Å²) < 4.78 is 0. The first-order chi connectivity index (χ1) is 5.33. The molecule has 0 unspecified atom stereocenters. The van der Waals surface area contributed by atoms with Crippen LogP contribution in [0.15, 0.2) is 25.3 Å². The summed E-state index contributed by atoms with van der Waals surface area (Å²) in [5.41, 5.74) is 0. The second-order valence-corrected chi connectivity index (χ2v) is 2.48. The third-order valence-electron chi connectivity index (χ3n) is 1.30. The smallest absolute Gasteiger partial charge is 0.0353 e. The van der Waals surface area contributed by atoms with Crippen molar-refractivity contribution in [2.24, 2.45) is 0 Å². The molecule has 0 fully saturated rings. The van der Waals surface area contributed by atoms with Crippen molar-refractivity contribution in [2.75, 3.05) is 0 Å². The van der Waals surface area contributed by atoms with Gasteiger partial charge in [0.15, 0.2) is 0 Å². The second-order valence-electron chi connectivity index (χ2n) is 2.48. The molecule has 0 heteroatoms. The molecule has 0 heterocycles. The second kappa shape index (κ2) is 16.2. The molecule has 0 saturated heterocycles. The average molecular weight is 154 g/mol. The van der Waals surface area contributed by atoms with Gasteiger partial charge in [0.2, 0.25) is 0 Å². The topological polar surface area (TPSA) is 0 Å². The van der Waals surface area contributed by atoms with Gasteiger partial charge in [-0.2, -0.15) is 0 Å². The summed E-state index contributed by atoms with van der Waals surface area (Å²) in [6.07, 6.45) is 10.1. The molecule has 0 bridgehead atoms. The highest BCUT2D eigenvalue weighted by atomic mass is 13.8. The highest BCUT2D eigenvalue weighted by molar-refractivity contribution is 4.64. The fourth-order valence-electron chi connectivity index (χ4n) is 0.539. The molecule has 11 heavy (non-hydrogen) atoms. The Balaban J connectivity index is 0. The van der Waals surface area contributed by atoms with Gasteiger partial charge < -0.3 is 0 Å². The van der Waals surface area contributed by atoms with Crippen LogP contribution >= 0.6 is 0 Å². The zero-order valence-corrected chi connectivity index (χ0v) is 8.10. The zero-order valence-electron chi connectivity index (χ0n) is 8.10. The molecular weight excluding hydrogens is 132 g/mol. The number of allylic oxidation sites excluding steroid dienone is 2. The van der Waals surface area contributed by atoms with Gasteiger partial charge in [0, 0.05) is 0 Å². The molecular formula is C11H22. The lowest BCUT2D eigenvalue weighted by atomic mass is 10.2. The van der Waals surface area contributed by atoms with Crippen LogP contribution in [0, 0.1) is 0 Å². The highest BCUT2D eigenvalue weighted by Crippen LogP contribution is 1.97. The van der Waals surface area contributed by atoms with Crippen LogP contribution in [-0.4, -0.2) is 0 Å². The predicted octanol–water partition coefficient (Wildman–Crippen LogP) is 4.34. The molecule has 0 saturated carbocycles. The van der Waals surface area contributed by atoms with E-state index in [1.54, 1.807) is 0 Å². The van der Waals surface area contributed by atoms with Crippen LogP contribution in [0.2, 0.25) is 0 Å². The van der Waals surface area contributed by atoms with Gasteiger partial charge >= 0.3 is 0 Å². The fourth-order valence-corrected chi connectivity index (χ4v) is 0.539. The Morgan fingerprint density at radius 2 is 1.55 bits per heavy atom. The number of rotatable bonds is 5. The van der Waals surface area contributed by atoms with Gasteiger partial charge in [0.05, 0.1) is 0 Å². The fraction of sp³-hybridized carbons (Fsp3) is 0.636. The van der Waals surface area contributed by atoms with Crippen molar-refractivity contribution in [1.29, 1.82) is 0 Å². The first-order valence-electron chi connectivity index (χ1n) is 4.55. The quantitative estimate of drug-likeness (QED) is 0.408. The van der Waals surface area contributed by atoms with Crippen molar-refractivity contribution in [1.82, 2.24) is 0 Å². The van der Waals surface area contributed by atoms with E-state index in [2.05, 4.69) is 27.0 Å². The molecule has 0 nitrogen and oxygen atoms in total. The normalized spacial score (nSPS) is 7.82. The monoisotopic (exact) mass is 154 g/mol. The standard InChI is InChI=1S/C7H14.C4H8/c1-3-5-7-6-4-2;1-3-4-2/h3H,1,4-7H2,2H3;3H,1,4H2,2H3. The lowest BCUT2D eigenvalue weighted by molar-refractivity contribution is 0.730. The first-order valence-corrected chi connectivity index (χ1v) is 4.55. The molecule has 0 amide bonds. The van der Waals surface area contributed by atoms with Gasteiger partial charge in [-0.05, 0) is 19.3 Å². The summed E-state index contributed by atoms with van der Waals surface area (Å²) >= 11 is 0. The van der Waals surface area contributed by atoms with Crippen LogP contribution in [0.4, 0.5) is 0 Å². The van der Waals surface area contributed by atoms with Crippen LogP contribution in [0.25, 0.3) is 0 Å². The van der Waals surface area contributed by atoms with Crippen LogP contribution in [0.5, 0.6) is 0 Å². The molecule has 0 aromatic rings. The summed E-state index contributed by atoms with van der Waals surface area (Å²) in [6, 6.07) is 0. The minimum atomic E-state index is 1.08. The van der Waals surface area contributed by atoms with Gasteiger partial charge in [0.25, 0.3) is 0 Å². The minimum absolute atomic E-state index is 1.08. The summed E-state index contributed by atoms with van der Waals surface area (Å²) in [6.45, 7) is 11.4. The van der Waals surface area contributed by atoms with E-state index in [-0.39, 0.29) is 0 Å². The lowest BCUT2D eigenvalue weighted by Crippen LogP contribution is -1.67. The Hall–Kier alpha value is -0.520. The Morgan fingerprint density at radius 3 is 1.82 bits per heavy atom. The van der Waals surface area contributed by atoms with Crippen molar-refractivity contribution in [3.63, 3.8) is 0 Å². The molecule has 0 aromatic heterocycles. The van der Waals surface area contributed by atoms with E-state index in [9.17, 15) is 0 Å².